The van der Waals surface area contributed by atoms with Gasteiger partial charge in [0.1, 0.15) is 6.29 Å². The number of aldehydes is 1. The number of rotatable bonds is 5. The van der Waals surface area contributed by atoms with Gasteiger partial charge in [-0.15, -0.1) is 0 Å². The number of hydrogen-bond donors (Lipinski definition) is 0. The zero-order valence-electron chi connectivity index (χ0n) is 11.7. The molecule has 0 N–H and O–H groups in total. The molecule has 0 atom stereocenters. The smallest absolute Gasteiger partial charge is 0.127 e. The van der Waals surface area contributed by atoms with Gasteiger partial charge < -0.3 is 14.4 Å². The lowest BCUT2D eigenvalue weighted by Gasteiger charge is -2.37. The van der Waals surface area contributed by atoms with Gasteiger partial charge in [-0.1, -0.05) is 19.3 Å². The Kier molecular flexibility index (Phi) is 5.19. The fraction of sp³-hybridized carbons (Fsp3) is 0.933. The van der Waals surface area contributed by atoms with Gasteiger partial charge in [-0.2, -0.15) is 0 Å². The first-order valence-corrected chi connectivity index (χ1v) is 7.47. The molecule has 2 aliphatic rings. The fourth-order valence-electron chi connectivity index (χ4n) is 3.50. The Morgan fingerprint density at radius 1 is 1.22 bits per heavy atom. The summed E-state index contributed by atoms with van der Waals surface area (Å²) in [7, 11) is 2.18. The Balaban J connectivity index is 1.80. The van der Waals surface area contributed by atoms with E-state index in [1.165, 1.54) is 38.4 Å². The maximum atomic E-state index is 11.4. The minimum atomic E-state index is -0.137. The number of carbonyl (C=O) groups is 1. The van der Waals surface area contributed by atoms with Crippen molar-refractivity contribution in [3.05, 3.63) is 0 Å². The van der Waals surface area contributed by atoms with E-state index in [9.17, 15) is 4.79 Å². The molecule has 0 amide bonds. The van der Waals surface area contributed by atoms with Crippen molar-refractivity contribution >= 4 is 6.29 Å². The van der Waals surface area contributed by atoms with Crippen molar-refractivity contribution in [1.29, 1.82) is 0 Å². The van der Waals surface area contributed by atoms with Crippen molar-refractivity contribution in [2.75, 3.05) is 33.4 Å². The number of hydrogen-bond acceptors (Lipinski definition) is 3. The average molecular weight is 253 g/mol. The van der Waals surface area contributed by atoms with Crippen molar-refractivity contribution in [3.8, 4) is 0 Å². The molecular formula is C15H27NO2. The monoisotopic (exact) mass is 253 g/mol. The molecule has 1 saturated carbocycles. The summed E-state index contributed by atoms with van der Waals surface area (Å²) < 4.78 is 5.38. The molecule has 0 radical (unpaired) electrons. The molecule has 3 nitrogen and oxygen atoms in total. The Labute approximate surface area is 111 Å². The van der Waals surface area contributed by atoms with Crippen LogP contribution in [0.5, 0.6) is 0 Å². The lowest BCUT2D eigenvalue weighted by atomic mass is 9.81. The molecule has 0 aromatic rings. The first-order chi connectivity index (χ1) is 8.74. The van der Waals surface area contributed by atoms with Gasteiger partial charge in [0, 0.05) is 31.7 Å². The largest absolute Gasteiger partial charge is 0.381 e. The van der Waals surface area contributed by atoms with E-state index in [0.29, 0.717) is 0 Å². The van der Waals surface area contributed by atoms with Crippen LogP contribution >= 0.6 is 0 Å². The van der Waals surface area contributed by atoms with E-state index in [-0.39, 0.29) is 5.41 Å². The van der Waals surface area contributed by atoms with Crippen molar-refractivity contribution in [2.24, 2.45) is 11.3 Å². The van der Waals surface area contributed by atoms with Crippen LogP contribution < -0.4 is 0 Å². The summed E-state index contributed by atoms with van der Waals surface area (Å²) in [5.74, 6) is 0.854. The van der Waals surface area contributed by atoms with Gasteiger partial charge in [-0.3, -0.25) is 0 Å². The zero-order valence-corrected chi connectivity index (χ0v) is 11.7. The van der Waals surface area contributed by atoms with E-state index in [4.69, 9.17) is 4.74 Å². The predicted molar refractivity (Wildman–Crippen MR) is 72.6 cm³/mol. The summed E-state index contributed by atoms with van der Waals surface area (Å²) >= 11 is 0. The van der Waals surface area contributed by atoms with E-state index >= 15 is 0 Å². The Bertz CT molecular complexity index is 255. The molecule has 1 saturated heterocycles. The Hall–Kier alpha value is -0.410. The second kappa shape index (κ2) is 6.67. The van der Waals surface area contributed by atoms with E-state index < -0.39 is 0 Å². The summed E-state index contributed by atoms with van der Waals surface area (Å²) in [5.41, 5.74) is -0.137. The highest BCUT2D eigenvalue weighted by molar-refractivity contribution is 5.60. The first-order valence-electron chi connectivity index (χ1n) is 7.47. The van der Waals surface area contributed by atoms with Crippen LogP contribution in [0.1, 0.15) is 44.9 Å². The van der Waals surface area contributed by atoms with Crippen LogP contribution in [0.4, 0.5) is 0 Å². The number of nitrogens with zero attached hydrogens (tertiary/aromatic N) is 1. The molecule has 18 heavy (non-hydrogen) atoms. The first kappa shape index (κ1) is 14.0. The van der Waals surface area contributed by atoms with Crippen LogP contribution in [-0.2, 0) is 9.53 Å². The van der Waals surface area contributed by atoms with Crippen LogP contribution in [0, 0.1) is 11.3 Å². The average Bonchev–Trinajstić information content (AvgIpc) is 2.41. The van der Waals surface area contributed by atoms with Crippen LogP contribution in [0.25, 0.3) is 0 Å². The molecule has 0 unspecified atom stereocenters. The van der Waals surface area contributed by atoms with Crippen LogP contribution in [0.2, 0.25) is 0 Å². The van der Waals surface area contributed by atoms with Crippen molar-refractivity contribution < 1.29 is 9.53 Å². The Morgan fingerprint density at radius 2 is 1.89 bits per heavy atom. The van der Waals surface area contributed by atoms with Crippen LogP contribution in [0.15, 0.2) is 0 Å². The molecule has 1 aliphatic heterocycles. The zero-order chi connectivity index (χ0) is 12.8. The highest BCUT2D eigenvalue weighted by atomic mass is 16.5. The van der Waals surface area contributed by atoms with Gasteiger partial charge in [0.25, 0.3) is 0 Å². The quantitative estimate of drug-likeness (QED) is 0.705. The lowest BCUT2D eigenvalue weighted by molar-refractivity contribution is -0.122. The van der Waals surface area contributed by atoms with E-state index in [0.717, 1.165) is 45.1 Å². The maximum absolute atomic E-state index is 11.4. The number of ether oxygens (including phenoxy) is 1. The normalized spacial score (nSPS) is 25.2. The maximum Gasteiger partial charge on any atom is 0.127 e. The summed E-state index contributed by atoms with van der Waals surface area (Å²) in [6.45, 7) is 3.57. The van der Waals surface area contributed by atoms with Gasteiger partial charge in [0.05, 0.1) is 0 Å². The van der Waals surface area contributed by atoms with E-state index in [1.54, 1.807) is 0 Å². The SMILES string of the molecule is CN(CC1CCCCC1)CC1(C=O)CCOCC1. The standard InChI is InChI=1S/C15H27NO2/c1-16(11-14-5-3-2-4-6-14)12-15(13-17)7-9-18-10-8-15/h13-14H,2-12H2,1H3. The number of carbonyl (C=O) groups excluding carboxylic acids is 1. The third kappa shape index (κ3) is 3.79. The molecule has 104 valence electrons. The molecule has 1 heterocycles. The molecule has 0 aromatic heterocycles. The van der Waals surface area contributed by atoms with E-state index in [1.807, 2.05) is 0 Å². The van der Waals surface area contributed by atoms with Gasteiger partial charge >= 0.3 is 0 Å². The van der Waals surface area contributed by atoms with Crippen molar-refractivity contribution in [3.63, 3.8) is 0 Å². The molecule has 0 bridgehead atoms. The van der Waals surface area contributed by atoms with Crippen molar-refractivity contribution in [2.45, 2.75) is 44.9 Å². The topological polar surface area (TPSA) is 29.5 Å². The lowest BCUT2D eigenvalue weighted by Crippen LogP contribution is -2.42. The second-order valence-corrected chi connectivity index (χ2v) is 6.29. The van der Waals surface area contributed by atoms with Gasteiger partial charge in [-0.25, -0.2) is 0 Å². The molecule has 0 aromatic carbocycles. The summed E-state index contributed by atoms with van der Waals surface area (Å²) in [6.07, 6.45) is 9.93. The van der Waals surface area contributed by atoms with E-state index in [2.05, 4.69) is 11.9 Å². The summed E-state index contributed by atoms with van der Waals surface area (Å²) in [5, 5.41) is 0. The third-order valence-electron chi connectivity index (χ3n) is 4.62. The second-order valence-electron chi connectivity index (χ2n) is 6.29. The van der Waals surface area contributed by atoms with Gasteiger partial charge in [0.15, 0.2) is 0 Å². The molecule has 0 spiro atoms. The van der Waals surface area contributed by atoms with Gasteiger partial charge in [-0.05, 0) is 38.6 Å². The third-order valence-corrected chi connectivity index (χ3v) is 4.62. The predicted octanol–water partition coefficient (Wildman–Crippen LogP) is 2.49. The highest BCUT2D eigenvalue weighted by Gasteiger charge is 2.33. The van der Waals surface area contributed by atoms with Crippen LogP contribution in [-0.4, -0.2) is 44.5 Å². The summed E-state index contributed by atoms with van der Waals surface area (Å²) in [4.78, 5) is 13.8. The molecule has 3 heteroatoms. The Morgan fingerprint density at radius 3 is 2.50 bits per heavy atom. The molecule has 2 fully saturated rings. The van der Waals surface area contributed by atoms with Crippen LogP contribution in [0.3, 0.4) is 0 Å². The minimum Gasteiger partial charge on any atom is -0.381 e. The highest BCUT2D eigenvalue weighted by Crippen LogP contribution is 2.30. The van der Waals surface area contributed by atoms with Gasteiger partial charge in [0.2, 0.25) is 0 Å². The molecule has 2 rings (SSSR count). The minimum absolute atomic E-state index is 0.137. The molecular weight excluding hydrogens is 226 g/mol. The van der Waals surface area contributed by atoms with Crippen molar-refractivity contribution in [1.82, 2.24) is 4.90 Å². The summed E-state index contributed by atoms with van der Waals surface area (Å²) in [6, 6.07) is 0. The molecule has 1 aliphatic carbocycles. The fourth-order valence-corrected chi connectivity index (χ4v) is 3.50.